The summed E-state index contributed by atoms with van der Waals surface area (Å²) in [7, 11) is 0. The van der Waals surface area contributed by atoms with Gasteiger partial charge in [0.05, 0.1) is 11.7 Å². The van der Waals surface area contributed by atoms with Gasteiger partial charge < -0.3 is 20.3 Å². The summed E-state index contributed by atoms with van der Waals surface area (Å²) in [6.45, 7) is 0.491. The number of hydrogen-bond donors (Lipinski definition) is 3. The average molecular weight is 290 g/mol. The Morgan fingerprint density at radius 2 is 2.10 bits per heavy atom. The lowest BCUT2D eigenvalue weighted by Gasteiger charge is -2.29. The molecule has 0 heterocycles. The molecule has 1 aliphatic carbocycles. The van der Waals surface area contributed by atoms with E-state index < -0.39 is 6.10 Å². The molecule has 2 rings (SSSR count). The second-order valence-corrected chi connectivity index (χ2v) is 5.44. The van der Waals surface area contributed by atoms with Gasteiger partial charge >= 0.3 is 0 Å². The zero-order chi connectivity index (χ0) is 15.1. The number of nitrogens with one attached hydrogen (secondary N) is 1. The van der Waals surface area contributed by atoms with Crippen molar-refractivity contribution in [3.05, 3.63) is 29.8 Å². The zero-order valence-electron chi connectivity index (χ0n) is 12.0. The molecule has 3 atom stereocenters. The third kappa shape index (κ3) is 4.71. The minimum absolute atomic E-state index is 0.0554. The van der Waals surface area contributed by atoms with Gasteiger partial charge in [0.15, 0.2) is 0 Å². The Balaban J connectivity index is 1.74. The van der Waals surface area contributed by atoms with Crippen molar-refractivity contribution in [1.29, 1.82) is 5.26 Å². The standard InChI is InChI=1S/C16H22N2O3/c17-9-12-5-1-4-8-16(12)21-11-13(19)10-18-14-6-2-3-7-15(14)20/h1,4-5,8,13-15,18-20H,2-3,6-7,10-11H2. The molecule has 1 aromatic carbocycles. The van der Waals surface area contributed by atoms with E-state index in [2.05, 4.69) is 11.4 Å². The molecule has 5 nitrogen and oxygen atoms in total. The number of nitriles is 1. The maximum Gasteiger partial charge on any atom is 0.137 e. The van der Waals surface area contributed by atoms with Crippen LogP contribution in [0.2, 0.25) is 0 Å². The number of rotatable bonds is 6. The van der Waals surface area contributed by atoms with Crippen LogP contribution in [0.3, 0.4) is 0 Å². The monoisotopic (exact) mass is 290 g/mol. The van der Waals surface area contributed by atoms with Crippen LogP contribution < -0.4 is 10.1 Å². The number of hydrogen-bond acceptors (Lipinski definition) is 5. The molecule has 0 bridgehead atoms. The first-order valence-corrected chi connectivity index (χ1v) is 7.42. The fourth-order valence-corrected chi connectivity index (χ4v) is 2.57. The van der Waals surface area contributed by atoms with Crippen LogP contribution in [0, 0.1) is 11.3 Å². The van der Waals surface area contributed by atoms with Crippen LogP contribution in [0.25, 0.3) is 0 Å². The topological polar surface area (TPSA) is 85.5 Å². The summed E-state index contributed by atoms with van der Waals surface area (Å²) in [5, 5.41) is 31.9. The fourth-order valence-electron chi connectivity index (χ4n) is 2.57. The second kappa shape index (κ2) is 7.99. The van der Waals surface area contributed by atoms with E-state index in [0.29, 0.717) is 17.9 Å². The van der Waals surface area contributed by atoms with Crippen molar-refractivity contribution >= 4 is 0 Å². The van der Waals surface area contributed by atoms with E-state index in [1.807, 2.05) is 0 Å². The number of para-hydroxylation sites is 1. The smallest absolute Gasteiger partial charge is 0.137 e. The molecule has 1 aliphatic rings. The van der Waals surface area contributed by atoms with Crippen molar-refractivity contribution in [2.24, 2.45) is 0 Å². The summed E-state index contributed by atoms with van der Waals surface area (Å²) >= 11 is 0. The molecule has 21 heavy (non-hydrogen) atoms. The molecule has 1 fully saturated rings. The predicted molar refractivity (Wildman–Crippen MR) is 78.9 cm³/mol. The van der Waals surface area contributed by atoms with Crippen LogP contribution in [0.1, 0.15) is 31.2 Å². The molecule has 1 saturated carbocycles. The summed E-state index contributed by atoms with van der Waals surface area (Å²) in [6.07, 6.45) is 2.93. The second-order valence-electron chi connectivity index (χ2n) is 5.44. The van der Waals surface area contributed by atoms with E-state index in [0.717, 1.165) is 25.7 Å². The Hall–Kier alpha value is -1.61. The van der Waals surface area contributed by atoms with Gasteiger partial charge in [0.25, 0.3) is 0 Å². The summed E-state index contributed by atoms with van der Waals surface area (Å²) < 4.78 is 5.48. The first-order chi connectivity index (χ1) is 10.2. The molecule has 0 aliphatic heterocycles. The number of nitrogens with zero attached hydrogens (tertiary/aromatic N) is 1. The van der Waals surface area contributed by atoms with Gasteiger partial charge in [-0.15, -0.1) is 0 Å². The first-order valence-electron chi connectivity index (χ1n) is 7.42. The third-order valence-electron chi connectivity index (χ3n) is 3.78. The lowest BCUT2D eigenvalue weighted by Crippen LogP contribution is -2.45. The van der Waals surface area contributed by atoms with E-state index in [1.165, 1.54) is 0 Å². The Morgan fingerprint density at radius 3 is 2.86 bits per heavy atom. The minimum Gasteiger partial charge on any atom is -0.489 e. The van der Waals surface area contributed by atoms with Crippen LogP contribution in [0.4, 0.5) is 0 Å². The predicted octanol–water partition coefficient (Wildman–Crippen LogP) is 1.19. The van der Waals surface area contributed by atoms with Crippen molar-refractivity contribution in [2.45, 2.75) is 43.9 Å². The molecule has 3 N–H and O–H groups in total. The van der Waals surface area contributed by atoms with E-state index in [9.17, 15) is 10.2 Å². The summed E-state index contributed by atoms with van der Waals surface area (Å²) in [6, 6.07) is 9.06. The Kier molecular flexibility index (Phi) is 6.00. The van der Waals surface area contributed by atoms with Gasteiger partial charge in [-0.2, -0.15) is 5.26 Å². The highest BCUT2D eigenvalue weighted by Crippen LogP contribution is 2.19. The molecule has 0 amide bonds. The molecule has 0 radical (unpaired) electrons. The molecular weight excluding hydrogens is 268 g/mol. The molecule has 1 aromatic rings. The molecule has 0 saturated heterocycles. The maximum absolute atomic E-state index is 9.94. The van der Waals surface area contributed by atoms with Crippen molar-refractivity contribution in [3.63, 3.8) is 0 Å². The van der Waals surface area contributed by atoms with Gasteiger partial charge in [-0.25, -0.2) is 0 Å². The van der Waals surface area contributed by atoms with E-state index in [-0.39, 0.29) is 18.8 Å². The van der Waals surface area contributed by atoms with Crippen LogP contribution >= 0.6 is 0 Å². The molecule has 5 heteroatoms. The summed E-state index contributed by atoms with van der Waals surface area (Å²) in [5.41, 5.74) is 0.459. The Bertz CT molecular complexity index is 487. The highest BCUT2D eigenvalue weighted by atomic mass is 16.5. The SMILES string of the molecule is N#Cc1ccccc1OCC(O)CNC1CCCCC1O. The third-order valence-corrected chi connectivity index (χ3v) is 3.78. The van der Waals surface area contributed by atoms with Gasteiger partial charge in [-0.1, -0.05) is 25.0 Å². The Morgan fingerprint density at radius 1 is 1.33 bits per heavy atom. The quantitative estimate of drug-likeness (QED) is 0.733. The van der Waals surface area contributed by atoms with Crippen LogP contribution in [0.5, 0.6) is 5.75 Å². The largest absolute Gasteiger partial charge is 0.489 e. The van der Waals surface area contributed by atoms with Crippen LogP contribution in [-0.2, 0) is 0 Å². The fraction of sp³-hybridized carbons (Fsp3) is 0.562. The zero-order valence-corrected chi connectivity index (χ0v) is 12.0. The van der Waals surface area contributed by atoms with Crippen molar-refractivity contribution in [1.82, 2.24) is 5.32 Å². The molecular formula is C16H22N2O3. The lowest BCUT2D eigenvalue weighted by atomic mass is 9.92. The average Bonchev–Trinajstić information content (AvgIpc) is 2.52. The molecule has 0 spiro atoms. The summed E-state index contributed by atoms with van der Waals surface area (Å²) in [5.74, 6) is 0.483. The maximum atomic E-state index is 9.94. The van der Waals surface area contributed by atoms with Crippen molar-refractivity contribution < 1.29 is 14.9 Å². The molecule has 0 aromatic heterocycles. The van der Waals surface area contributed by atoms with E-state index in [4.69, 9.17) is 10.00 Å². The van der Waals surface area contributed by atoms with Crippen molar-refractivity contribution in [2.75, 3.05) is 13.2 Å². The summed E-state index contributed by atoms with van der Waals surface area (Å²) in [4.78, 5) is 0. The van der Waals surface area contributed by atoms with Gasteiger partial charge in [0, 0.05) is 12.6 Å². The Labute approximate surface area is 125 Å². The lowest BCUT2D eigenvalue weighted by molar-refractivity contribution is 0.0672. The number of aliphatic hydroxyl groups excluding tert-OH is 2. The molecule has 3 unspecified atom stereocenters. The van der Waals surface area contributed by atoms with Gasteiger partial charge in [-0.05, 0) is 25.0 Å². The van der Waals surface area contributed by atoms with Crippen LogP contribution in [0.15, 0.2) is 24.3 Å². The number of benzene rings is 1. The van der Waals surface area contributed by atoms with Gasteiger partial charge in [0.2, 0.25) is 0 Å². The van der Waals surface area contributed by atoms with Crippen molar-refractivity contribution in [3.8, 4) is 11.8 Å². The minimum atomic E-state index is -0.675. The van der Waals surface area contributed by atoms with Gasteiger partial charge in [-0.3, -0.25) is 0 Å². The highest BCUT2D eigenvalue weighted by molar-refractivity contribution is 5.42. The normalized spacial score (nSPS) is 23.3. The van der Waals surface area contributed by atoms with E-state index >= 15 is 0 Å². The van der Waals surface area contributed by atoms with E-state index in [1.54, 1.807) is 24.3 Å². The molecule has 114 valence electrons. The van der Waals surface area contributed by atoms with Gasteiger partial charge in [0.1, 0.15) is 24.5 Å². The highest BCUT2D eigenvalue weighted by Gasteiger charge is 2.23. The number of ether oxygens (including phenoxy) is 1. The number of aliphatic hydroxyl groups is 2. The van der Waals surface area contributed by atoms with Crippen LogP contribution in [-0.4, -0.2) is 41.6 Å². The first kappa shape index (κ1) is 15.8.